The number of halogens is 1. The van der Waals surface area contributed by atoms with Gasteiger partial charge in [0.05, 0.1) is 0 Å². The lowest BCUT2D eigenvalue weighted by Crippen LogP contribution is -2.18. The number of amides is 1. The van der Waals surface area contributed by atoms with E-state index in [0.717, 1.165) is 30.6 Å². The van der Waals surface area contributed by atoms with Crippen LogP contribution in [0, 0.1) is 5.82 Å². The second kappa shape index (κ2) is 7.55. The maximum atomic E-state index is 12.8. The Labute approximate surface area is 124 Å². The Morgan fingerprint density at radius 3 is 2.24 bits per heavy atom. The van der Waals surface area contributed by atoms with Gasteiger partial charge in [0, 0.05) is 19.2 Å². The standard InChI is InChI=1S/C17H19FN2O/c1-19-17(21)15-6-2-14(3-7-15)12-20-11-10-13-4-8-16(18)9-5-13/h2-9,20H,10-12H2,1H3,(H,19,21). The monoisotopic (exact) mass is 286 g/mol. The summed E-state index contributed by atoms with van der Waals surface area (Å²) in [5.74, 6) is -0.284. The van der Waals surface area contributed by atoms with E-state index in [1.165, 1.54) is 12.1 Å². The summed E-state index contributed by atoms with van der Waals surface area (Å²) >= 11 is 0. The molecule has 2 rings (SSSR count). The largest absolute Gasteiger partial charge is 0.355 e. The van der Waals surface area contributed by atoms with Crippen molar-refractivity contribution in [3.05, 3.63) is 71.0 Å². The van der Waals surface area contributed by atoms with Crippen molar-refractivity contribution in [2.45, 2.75) is 13.0 Å². The minimum Gasteiger partial charge on any atom is -0.355 e. The Bertz CT molecular complexity index is 579. The van der Waals surface area contributed by atoms with E-state index in [9.17, 15) is 9.18 Å². The van der Waals surface area contributed by atoms with Gasteiger partial charge in [-0.2, -0.15) is 0 Å². The summed E-state index contributed by atoms with van der Waals surface area (Å²) in [5, 5.41) is 5.93. The Morgan fingerprint density at radius 2 is 1.62 bits per heavy atom. The SMILES string of the molecule is CNC(=O)c1ccc(CNCCc2ccc(F)cc2)cc1. The average molecular weight is 286 g/mol. The summed E-state index contributed by atoms with van der Waals surface area (Å²) < 4.78 is 12.8. The molecular formula is C17H19FN2O. The normalized spacial score (nSPS) is 10.4. The van der Waals surface area contributed by atoms with E-state index < -0.39 is 0 Å². The highest BCUT2D eigenvalue weighted by Crippen LogP contribution is 2.05. The quantitative estimate of drug-likeness (QED) is 0.801. The highest BCUT2D eigenvalue weighted by atomic mass is 19.1. The lowest BCUT2D eigenvalue weighted by molar-refractivity contribution is 0.0963. The minimum absolute atomic E-state index is 0.0779. The van der Waals surface area contributed by atoms with Crippen LogP contribution < -0.4 is 10.6 Å². The molecule has 0 radical (unpaired) electrons. The first kappa shape index (κ1) is 15.2. The molecule has 2 aromatic rings. The predicted molar refractivity (Wildman–Crippen MR) is 81.6 cm³/mol. The van der Waals surface area contributed by atoms with Gasteiger partial charge in [-0.3, -0.25) is 4.79 Å². The molecule has 0 aliphatic rings. The van der Waals surface area contributed by atoms with Crippen molar-refractivity contribution >= 4 is 5.91 Å². The maximum Gasteiger partial charge on any atom is 0.251 e. The van der Waals surface area contributed by atoms with Crippen molar-refractivity contribution in [2.75, 3.05) is 13.6 Å². The highest BCUT2D eigenvalue weighted by Gasteiger charge is 2.02. The molecular weight excluding hydrogens is 267 g/mol. The van der Waals surface area contributed by atoms with Crippen molar-refractivity contribution in [3.63, 3.8) is 0 Å². The van der Waals surface area contributed by atoms with Crippen molar-refractivity contribution < 1.29 is 9.18 Å². The first-order chi connectivity index (χ1) is 10.2. The molecule has 0 aromatic heterocycles. The summed E-state index contributed by atoms with van der Waals surface area (Å²) in [6.45, 7) is 1.57. The highest BCUT2D eigenvalue weighted by molar-refractivity contribution is 5.93. The van der Waals surface area contributed by atoms with Crippen molar-refractivity contribution in [1.82, 2.24) is 10.6 Å². The van der Waals surface area contributed by atoms with E-state index in [4.69, 9.17) is 0 Å². The third-order valence-corrected chi connectivity index (χ3v) is 3.28. The van der Waals surface area contributed by atoms with E-state index in [2.05, 4.69) is 10.6 Å². The second-order valence-electron chi connectivity index (χ2n) is 4.83. The molecule has 0 aliphatic carbocycles. The fraction of sp³-hybridized carbons (Fsp3) is 0.235. The number of hydrogen-bond acceptors (Lipinski definition) is 2. The summed E-state index contributed by atoms with van der Waals surface area (Å²) in [4.78, 5) is 11.4. The van der Waals surface area contributed by atoms with Crippen LogP contribution in [-0.4, -0.2) is 19.5 Å². The van der Waals surface area contributed by atoms with E-state index in [-0.39, 0.29) is 11.7 Å². The third-order valence-electron chi connectivity index (χ3n) is 3.28. The van der Waals surface area contributed by atoms with Gasteiger partial charge in [0.15, 0.2) is 0 Å². The molecule has 0 saturated heterocycles. The molecule has 0 unspecified atom stereocenters. The molecule has 3 nitrogen and oxygen atoms in total. The number of carbonyl (C=O) groups is 1. The van der Waals surface area contributed by atoms with Crippen LogP contribution in [0.3, 0.4) is 0 Å². The number of rotatable bonds is 6. The average Bonchev–Trinajstić information content (AvgIpc) is 2.53. The Kier molecular flexibility index (Phi) is 5.46. The molecule has 0 spiro atoms. The molecule has 0 aliphatic heterocycles. The van der Waals surface area contributed by atoms with Gasteiger partial charge in [-0.15, -0.1) is 0 Å². The van der Waals surface area contributed by atoms with E-state index in [0.29, 0.717) is 5.56 Å². The molecule has 4 heteroatoms. The lowest BCUT2D eigenvalue weighted by Gasteiger charge is -2.06. The molecule has 0 fully saturated rings. The maximum absolute atomic E-state index is 12.8. The number of benzene rings is 2. The molecule has 2 N–H and O–H groups in total. The Balaban J connectivity index is 1.75. The first-order valence-corrected chi connectivity index (χ1v) is 6.95. The topological polar surface area (TPSA) is 41.1 Å². The van der Waals surface area contributed by atoms with Crippen molar-refractivity contribution in [3.8, 4) is 0 Å². The van der Waals surface area contributed by atoms with Crippen LogP contribution in [0.2, 0.25) is 0 Å². The van der Waals surface area contributed by atoms with Gasteiger partial charge in [-0.1, -0.05) is 24.3 Å². The van der Waals surface area contributed by atoms with E-state index in [1.54, 1.807) is 19.2 Å². The molecule has 1 amide bonds. The molecule has 0 saturated carbocycles. The van der Waals surface area contributed by atoms with Crippen molar-refractivity contribution in [2.24, 2.45) is 0 Å². The number of nitrogens with one attached hydrogen (secondary N) is 2. The first-order valence-electron chi connectivity index (χ1n) is 6.95. The fourth-order valence-corrected chi connectivity index (χ4v) is 2.03. The zero-order valence-electron chi connectivity index (χ0n) is 12.0. The number of hydrogen-bond donors (Lipinski definition) is 2. The summed E-state index contributed by atoms with van der Waals surface area (Å²) in [7, 11) is 1.62. The predicted octanol–water partition coefficient (Wildman–Crippen LogP) is 2.52. The summed E-state index contributed by atoms with van der Waals surface area (Å²) in [6, 6.07) is 14.1. The van der Waals surface area contributed by atoms with Gasteiger partial charge < -0.3 is 10.6 Å². The van der Waals surface area contributed by atoms with Crippen molar-refractivity contribution in [1.29, 1.82) is 0 Å². The molecule has 0 heterocycles. The van der Waals surface area contributed by atoms with Crippen LogP contribution in [0.4, 0.5) is 4.39 Å². The van der Waals surface area contributed by atoms with Gasteiger partial charge in [0.25, 0.3) is 5.91 Å². The summed E-state index contributed by atoms with van der Waals surface area (Å²) in [6.07, 6.45) is 0.858. The smallest absolute Gasteiger partial charge is 0.251 e. The fourth-order valence-electron chi connectivity index (χ4n) is 2.03. The zero-order valence-corrected chi connectivity index (χ0v) is 12.0. The zero-order chi connectivity index (χ0) is 15.1. The Hall–Kier alpha value is -2.20. The number of carbonyl (C=O) groups excluding carboxylic acids is 1. The van der Waals surface area contributed by atoms with Gasteiger partial charge in [0.1, 0.15) is 5.82 Å². The van der Waals surface area contributed by atoms with Crippen LogP contribution in [-0.2, 0) is 13.0 Å². The van der Waals surface area contributed by atoms with Crippen LogP contribution in [0.1, 0.15) is 21.5 Å². The summed E-state index contributed by atoms with van der Waals surface area (Å²) in [5.41, 5.74) is 2.90. The third kappa shape index (κ3) is 4.68. The molecule has 0 bridgehead atoms. The molecule has 21 heavy (non-hydrogen) atoms. The van der Waals surface area contributed by atoms with Gasteiger partial charge in [-0.05, 0) is 48.4 Å². The van der Waals surface area contributed by atoms with Crippen LogP contribution in [0.15, 0.2) is 48.5 Å². The minimum atomic E-state index is -0.206. The van der Waals surface area contributed by atoms with Gasteiger partial charge in [0.2, 0.25) is 0 Å². The van der Waals surface area contributed by atoms with Gasteiger partial charge >= 0.3 is 0 Å². The van der Waals surface area contributed by atoms with Crippen LogP contribution >= 0.6 is 0 Å². The van der Waals surface area contributed by atoms with Crippen LogP contribution in [0.5, 0.6) is 0 Å². The lowest BCUT2D eigenvalue weighted by atomic mass is 10.1. The van der Waals surface area contributed by atoms with E-state index >= 15 is 0 Å². The second-order valence-corrected chi connectivity index (χ2v) is 4.83. The van der Waals surface area contributed by atoms with Gasteiger partial charge in [-0.25, -0.2) is 4.39 Å². The molecule has 2 aromatic carbocycles. The van der Waals surface area contributed by atoms with Crippen LogP contribution in [0.25, 0.3) is 0 Å². The Morgan fingerprint density at radius 1 is 1.00 bits per heavy atom. The van der Waals surface area contributed by atoms with E-state index in [1.807, 2.05) is 24.3 Å². The molecule has 110 valence electrons. The molecule has 0 atom stereocenters.